The Kier molecular flexibility index (Phi) is 11.2. The monoisotopic (exact) mass is 691 g/mol. The van der Waals surface area contributed by atoms with Gasteiger partial charge in [-0.25, -0.2) is 4.79 Å². The summed E-state index contributed by atoms with van der Waals surface area (Å²) in [6.45, 7) is 0.743. The van der Waals surface area contributed by atoms with Crippen molar-refractivity contribution < 1.29 is 32.2 Å². The number of benzene rings is 2. The van der Waals surface area contributed by atoms with Crippen LogP contribution in [0.3, 0.4) is 0 Å². The molecule has 1 heterocycles. The third-order valence-electron chi connectivity index (χ3n) is 5.48. The summed E-state index contributed by atoms with van der Waals surface area (Å²) >= 11 is 7.81. The van der Waals surface area contributed by atoms with E-state index in [2.05, 4.69) is 38.5 Å². The van der Waals surface area contributed by atoms with Gasteiger partial charge in [0, 0.05) is 46.1 Å². The van der Waals surface area contributed by atoms with Crippen molar-refractivity contribution in [2.45, 2.75) is 10.6 Å². The molecule has 14 heteroatoms. The van der Waals surface area contributed by atoms with Crippen LogP contribution >= 0.6 is 34.2 Å². The lowest BCUT2D eigenvalue weighted by Gasteiger charge is -2.13. The first-order valence-electron chi connectivity index (χ1n) is 11.7. The fourth-order valence-corrected chi connectivity index (χ4v) is 4.64. The van der Waals surface area contributed by atoms with Gasteiger partial charge in [-0.1, -0.05) is 34.2 Å². The Labute approximate surface area is 247 Å². The summed E-state index contributed by atoms with van der Waals surface area (Å²) in [5.74, 6) is -0.346. The molecule has 40 heavy (non-hydrogen) atoms. The van der Waals surface area contributed by atoms with Gasteiger partial charge in [0.1, 0.15) is 6.73 Å². The average molecular weight is 692 g/mol. The standard InChI is InChI=1S/C26H26ClF3IN5O4/c1-39-10-11-40-15-33-24(37)20-14-36(23(13-31)19(20)8-9-32)18-5-2-16(3-6-18)34-25(38)35-17-4-7-22(27)21(12-17)26(28,29)30/h2-9,12,14H,10-11,13,15,32H2,1H3,(H,33,37)(H2,34,35,38)/b9-8-. The van der Waals surface area contributed by atoms with E-state index in [1.165, 1.54) is 12.3 Å². The number of methoxy groups -OCH3 is 1. The molecule has 3 amide bonds. The molecule has 0 bridgehead atoms. The summed E-state index contributed by atoms with van der Waals surface area (Å²) in [7, 11) is 1.55. The topological polar surface area (TPSA) is 120 Å². The fourth-order valence-electron chi connectivity index (χ4n) is 3.64. The minimum atomic E-state index is -4.66. The molecule has 0 radical (unpaired) electrons. The number of anilines is 2. The van der Waals surface area contributed by atoms with Crippen LogP contribution in [-0.4, -0.2) is 43.6 Å². The van der Waals surface area contributed by atoms with Crippen LogP contribution in [0.25, 0.3) is 11.8 Å². The highest BCUT2D eigenvalue weighted by atomic mass is 127. The van der Waals surface area contributed by atoms with Crippen LogP contribution < -0.4 is 21.7 Å². The average Bonchev–Trinajstić information content (AvgIpc) is 3.28. The number of amides is 3. The van der Waals surface area contributed by atoms with Gasteiger partial charge < -0.3 is 35.7 Å². The molecule has 0 saturated heterocycles. The predicted molar refractivity (Wildman–Crippen MR) is 156 cm³/mol. The molecule has 0 saturated carbocycles. The summed E-state index contributed by atoms with van der Waals surface area (Å²) in [5.41, 5.74) is 7.47. The molecule has 0 unspecified atom stereocenters. The van der Waals surface area contributed by atoms with Crippen molar-refractivity contribution in [1.82, 2.24) is 9.88 Å². The van der Waals surface area contributed by atoms with E-state index in [4.69, 9.17) is 26.8 Å². The molecule has 3 aromatic rings. The molecular weight excluding hydrogens is 666 g/mol. The number of nitrogens with two attached hydrogens (primary N) is 1. The number of alkyl halides is 4. The molecular formula is C26H26ClF3IN5O4. The van der Waals surface area contributed by atoms with Crippen LogP contribution in [0.4, 0.5) is 29.3 Å². The van der Waals surface area contributed by atoms with Crippen LogP contribution in [0.1, 0.15) is 27.2 Å². The minimum Gasteiger partial charge on any atom is -0.405 e. The molecule has 0 spiro atoms. The van der Waals surface area contributed by atoms with Crippen molar-refractivity contribution in [3.63, 3.8) is 0 Å². The number of carbonyl (C=O) groups excluding carboxylic acids is 2. The van der Waals surface area contributed by atoms with Crippen LogP contribution in [0.15, 0.2) is 54.9 Å². The number of carbonyl (C=O) groups is 2. The molecule has 3 rings (SSSR count). The maximum atomic E-state index is 13.1. The highest BCUT2D eigenvalue weighted by Gasteiger charge is 2.33. The van der Waals surface area contributed by atoms with Crippen LogP contribution in [0, 0.1) is 0 Å². The SMILES string of the molecule is COCCOCNC(=O)c1cn(-c2ccc(NC(=O)Nc3ccc(Cl)c(C(F)(F)F)c3)cc2)c(CI)c1/C=C\N. The summed E-state index contributed by atoms with van der Waals surface area (Å²) in [6.07, 6.45) is 0.0218. The van der Waals surface area contributed by atoms with E-state index >= 15 is 0 Å². The molecule has 0 aliphatic heterocycles. The Morgan fingerprint density at radius 1 is 1.10 bits per heavy atom. The molecule has 214 valence electrons. The van der Waals surface area contributed by atoms with E-state index in [1.807, 2.05) is 4.57 Å². The van der Waals surface area contributed by atoms with E-state index in [0.29, 0.717) is 40.1 Å². The zero-order valence-electron chi connectivity index (χ0n) is 21.1. The van der Waals surface area contributed by atoms with Crippen molar-refractivity contribution >= 4 is 63.6 Å². The van der Waals surface area contributed by atoms with Gasteiger partial charge in [0.2, 0.25) is 0 Å². The number of ether oxygens (including phenoxy) is 2. The lowest BCUT2D eigenvalue weighted by atomic mass is 10.1. The number of hydrogen-bond acceptors (Lipinski definition) is 5. The van der Waals surface area contributed by atoms with Crippen molar-refractivity contribution in [1.29, 1.82) is 0 Å². The van der Waals surface area contributed by atoms with E-state index in [-0.39, 0.29) is 18.3 Å². The number of nitrogens with one attached hydrogen (secondary N) is 3. The maximum Gasteiger partial charge on any atom is 0.417 e. The summed E-state index contributed by atoms with van der Waals surface area (Å²) in [6, 6.07) is 9.04. The van der Waals surface area contributed by atoms with Gasteiger partial charge in [-0.05, 0) is 54.7 Å². The van der Waals surface area contributed by atoms with E-state index in [9.17, 15) is 22.8 Å². The molecule has 0 aliphatic carbocycles. The van der Waals surface area contributed by atoms with Gasteiger partial charge in [0.15, 0.2) is 0 Å². The summed E-state index contributed by atoms with van der Waals surface area (Å²) < 4.78 is 51.9. The van der Waals surface area contributed by atoms with Crippen molar-refractivity contribution in [2.75, 3.05) is 37.7 Å². The van der Waals surface area contributed by atoms with Gasteiger partial charge >= 0.3 is 12.2 Å². The van der Waals surface area contributed by atoms with E-state index in [0.717, 1.165) is 17.8 Å². The summed E-state index contributed by atoms with van der Waals surface area (Å²) in [4.78, 5) is 25.3. The molecule has 5 N–H and O–H groups in total. The van der Waals surface area contributed by atoms with Crippen LogP contribution in [-0.2, 0) is 20.1 Å². The first-order chi connectivity index (χ1) is 19.1. The van der Waals surface area contributed by atoms with E-state index in [1.54, 1.807) is 43.6 Å². The molecule has 0 aliphatic rings. The van der Waals surface area contributed by atoms with Gasteiger partial charge in [0.25, 0.3) is 5.91 Å². The number of hydrogen-bond donors (Lipinski definition) is 4. The Balaban J connectivity index is 1.75. The first kappa shape index (κ1) is 31.3. The van der Waals surface area contributed by atoms with Crippen molar-refractivity contribution in [2.24, 2.45) is 5.73 Å². The molecule has 9 nitrogen and oxygen atoms in total. The second-order valence-corrected chi connectivity index (χ2v) is 9.31. The second kappa shape index (κ2) is 14.4. The Morgan fingerprint density at radius 2 is 1.77 bits per heavy atom. The highest BCUT2D eigenvalue weighted by molar-refractivity contribution is 14.1. The second-order valence-electron chi connectivity index (χ2n) is 8.14. The van der Waals surface area contributed by atoms with Gasteiger partial charge in [-0.15, -0.1) is 0 Å². The zero-order valence-corrected chi connectivity index (χ0v) is 24.1. The first-order valence-corrected chi connectivity index (χ1v) is 13.6. The molecule has 0 atom stereocenters. The Morgan fingerprint density at radius 3 is 2.40 bits per heavy atom. The van der Waals surface area contributed by atoms with Gasteiger partial charge in [0.05, 0.1) is 29.4 Å². The van der Waals surface area contributed by atoms with Crippen LogP contribution in [0.2, 0.25) is 5.02 Å². The van der Waals surface area contributed by atoms with Crippen molar-refractivity contribution in [3.05, 3.63) is 82.3 Å². The largest absolute Gasteiger partial charge is 0.417 e. The number of nitrogens with zero attached hydrogens (tertiary/aromatic N) is 1. The third-order valence-corrected chi connectivity index (χ3v) is 6.54. The van der Waals surface area contributed by atoms with Gasteiger partial charge in [-0.2, -0.15) is 13.2 Å². The lowest BCUT2D eigenvalue weighted by molar-refractivity contribution is -0.137. The number of aromatic nitrogens is 1. The highest BCUT2D eigenvalue weighted by Crippen LogP contribution is 2.36. The van der Waals surface area contributed by atoms with Gasteiger partial charge in [-0.3, -0.25) is 4.79 Å². The fraction of sp³-hybridized carbons (Fsp3) is 0.231. The maximum absolute atomic E-state index is 13.1. The number of rotatable bonds is 11. The number of urea groups is 1. The van der Waals surface area contributed by atoms with E-state index < -0.39 is 22.8 Å². The smallest absolute Gasteiger partial charge is 0.405 e. The predicted octanol–water partition coefficient (Wildman–Crippen LogP) is 6.01. The Bertz CT molecular complexity index is 1360. The molecule has 2 aromatic carbocycles. The quantitative estimate of drug-likeness (QED) is 0.0851. The normalized spacial score (nSPS) is 11.6. The van der Waals surface area contributed by atoms with Crippen molar-refractivity contribution in [3.8, 4) is 5.69 Å². The molecule has 0 fully saturated rings. The third kappa shape index (κ3) is 8.13. The lowest BCUT2D eigenvalue weighted by Crippen LogP contribution is -2.27. The minimum absolute atomic E-state index is 0.00862. The summed E-state index contributed by atoms with van der Waals surface area (Å²) in [5, 5.41) is 7.18. The Hall–Kier alpha value is -3.27. The zero-order chi connectivity index (χ0) is 29.3. The van der Waals surface area contributed by atoms with Crippen LogP contribution in [0.5, 0.6) is 0 Å². The molecule has 1 aromatic heterocycles. The number of halogens is 5.